The molecule has 0 aromatic carbocycles. The van der Waals surface area contributed by atoms with E-state index in [2.05, 4.69) is 15.0 Å². The lowest BCUT2D eigenvalue weighted by Crippen LogP contribution is -2.04. The number of imidazole rings is 1. The first kappa shape index (κ1) is 11.0. The molecule has 0 aliphatic carbocycles. The molecular formula is C10H11ClN4O. The first-order valence-electron chi connectivity index (χ1n) is 5.05. The highest BCUT2D eigenvalue weighted by Crippen LogP contribution is 2.17. The van der Waals surface area contributed by atoms with E-state index >= 15 is 0 Å². The molecule has 84 valence electrons. The third-order valence-electron chi connectivity index (χ3n) is 2.38. The molecule has 0 N–H and O–H groups in total. The maximum atomic E-state index is 11.2. The van der Waals surface area contributed by atoms with Gasteiger partial charge in [-0.15, -0.1) is 0 Å². The van der Waals surface area contributed by atoms with Crippen LogP contribution in [0.25, 0.3) is 11.2 Å². The fourth-order valence-corrected chi connectivity index (χ4v) is 1.61. The second-order valence-electron chi connectivity index (χ2n) is 3.42. The Balaban J connectivity index is 2.25. The van der Waals surface area contributed by atoms with Crippen LogP contribution in [-0.2, 0) is 11.3 Å². The van der Waals surface area contributed by atoms with Crippen LogP contribution in [0.2, 0.25) is 5.15 Å². The minimum atomic E-state index is 0.224. The van der Waals surface area contributed by atoms with Crippen molar-refractivity contribution in [1.82, 2.24) is 19.5 Å². The minimum Gasteiger partial charge on any atom is -0.315 e. The Labute approximate surface area is 97.5 Å². The van der Waals surface area contributed by atoms with Gasteiger partial charge in [0.15, 0.2) is 10.8 Å². The number of aryl methyl sites for hydroxylation is 1. The molecule has 2 aromatic heterocycles. The number of hydrogen-bond donors (Lipinski definition) is 0. The molecule has 2 heterocycles. The second kappa shape index (κ2) is 4.57. The SMILES string of the molecule is CCC(=O)CCn1cnc2c(Cl)ncnc21. The normalized spacial score (nSPS) is 10.9. The summed E-state index contributed by atoms with van der Waals surface area (Å²) in [5.74, 6) is 0.224. The Morgan fingerprint density at radius 1 is 1.44 bits per heavy atom. The van der Waals surface area contributed by atoms with Gasteiger partial charge in [0, 0.05) is 19.4 Å². The fraction of sp³-hybridized carbons (Fsp3) is 0.400. The van der Waals surface area contributed by atoms with Crippen molar-refractivity contribution in [2.45, 2.75) is 26.3 Å². The molecule has 2 rings (SSSR count). The molecule has 2 aromatic rings. The number of carbonyl (C=O) groups excluding carboxylic acids is 1. The van der Waals surface area contributed by atoms with Gasteiger partial charge in [0.2, 0.25) is 0 Å². The summed E-state index contributed by atoms with van der Waals surface area (Å²) in [6.07, 6.45) is 4.07. The highest BCUT2D eigenvalue weighted by Gasteiger charge is 2.08. The standard InChI is InChI=1S/C10H11ClN4O/c1-2-7(16)3-4-15-6-14-8-9(11)12-5-13-10(8)15/h5-6H,2-4H2,1H3. The van der Waals surface area contributed by atoms with E-state index in [1.54, 1.807) is 6.33 Å². The highest BCUT2D eigenvalue weighted by atomic mass is 35.5. The van der Waals surface area contributed by atoms with E-state index in [4.69, 9.17) is 11.6 Å². The second-order valence-corrected chi connectivity index (χ2v) is 3.77. The van der Waals surface area contributed by atoms with Crippen molar-refractivity contribution in [2.75, 3.05) is 0 Å². The number of ketones is 1. The first-order chi connectivity index (χ1) is 7.72. The summed E-state index contributed by atoms with van der Waals surface area (Å²) >= 11 is 5.87. The highest BCUT2D eigenvalue weighted by molar-refractivity contribution is 6.33. The molecular weight excluding hydrogens is 228 g/mol. The molecule has 5 nitrogen and oxygen atoms in total. The average molecular weight is 239 g/mol. The van der Waals surface area contributed by atoms with Crippen molar-refractivity contribution in [1.29, 1.82) is 0 Å². The Morgan fingerprint density at radius 2 is 2.25 bits per heavy atom. The third-order valence-corrected chi connectivity index (χ3v) is 2.66. The summed E-state index contributed by atoms with van der Waals surface area (Å²) in [5.41, 5.74) is 1.25. The summed E-state index contributed by atoms with van der Waals surface area (Å²) in [4.78, 5) is 23.3. The quantitative estimate of drug-likeness (QED) is 0.763. The zero-order valence-corrected chi connectivity index (χ0v) is 9.61. The number of Topliss-reactive ketones (excluding diaryl/α,β-unsaturated/α-hetero) is 1. The van der Waals surface area contributed by atoms with Crippen molar-refractivity contribution in [3.05, 3.63) is 17.8 Å². The molecule has 0 spiro atoms. The van der Waals surface area contributed by atoms with Gasteiger partial charge >= 0.3 is 0 Å². The van der Waals surface area contributed by atoms with Crippen molar-refractivity contribution >= 4 is 28.5 Å². The predicted octanol–water partition coefficient (Wildman–Crippen LogP) is 1.85. The minimum absolute atomic E-state index is 0.224. The van der Waals surface area contributed by atoms with Crippen LogP contribution in [0.4, 0.5) is 0 Å². The van der Waals surface area contributed by atoms with Crippen LogP contribution in [0.5, 0.6) is 0 Å². The van der Waals surface area contributed by atoms with E-state index in [-0.39, 0.29) is 5.78 Å². The van der Waals surface area contributed by atoms with Gasteiger partial charge in [-0.3, -0.25) is 4.79 Å². The number of rotatable bonds is 4. The molecule has 0 amide bonds. The number of aromatic nitrogens is 4. The Bertz CT molecular complexity index is 523. The van der Waals surface area contributed by atoms with Crippen LogP contribution in [0.15, 0.2) is 12.7 Å². The average Bonchev–Trinajstić information content (AvgIpc) is 2.70. The molecule has 16 heavy (non-hydrogen) atoms. The number of carbonyl (C=O) groups is 1. The van der Waals surface area contributed by atoms with Gasteiger partial charge in [-0.1, -0.05) is 18.5 Å². The molecule has 0 atom stereocenters. The molecule has 0 radical (unpaired) electrons. The van der Waals surface area contributed by atoms with Crippen LogP contribution < -0.4 is 0 Å². The van der Waals surface area contributed by atoms with E-state index < -0.39 is 0 Å². The molecule has 0 fully saturated rings. The molecule has 0 aliphatic rings. The number of nitrogens with zero attached hydrogens (tertiary/aromatic N) is 4. The van der Waals surface area contributed by atoms with Crippen molar-refractivity contribution in [3.63, 3.8) is 0 Å². The summed E-state index contributed by atoms with van der Waals surface area (Å²) in [5, 5.41) is 0.338. The Hall–Kier alpha value is -1.49. The fourth-order valence-electron chi connectivity index (χ4n) is 1.44. The number of hydrogen-bond acceptors (Lipinski definition) is 4. The van der Waals surface area contributed by atoms with Crippen LogP contribution in [0.3, 0.4) is 0 Å². The van der Waals surface area contributed by atoms with E-state index in [0.29, 0.717) is 35.7 Å². The van der Waals surface area contributed by atoms with Gasteiger partial charge in [0.05, 0.1) is 6.33 Å². The summed E-state index contributed by atoms with van der Waals surface area (Å²) in [6, 6.07) is 0. The molecule has 6 heteroatoms. The van der Waals surface area contributed by atoms with Crippen LogP contribution in [0.1, 0.15) is 19.8 Å². The maximum absolute atomic E-state index is 11.2. The van der Waals surface area contributed by atoms with Crippen molar-refractivity contribution in [2.24, 2.45) is 0 Å². The maximum Gasteiger partial charge on any atom is 0.164 e. The van der Waals surface area contributed by atoms with Gasteiger partial charge in [-0.2, -0.15) is 0 Å². The zero-order valence-electron chi connectivity index (χ0n) is 8.85. The zero-order chi connectivity index (χ0) is 11.5. The lowest BCUT2D eigenvalue weighted by molar-refractivity contribution is -0.118. The number of fused-ring (bicyclic) bond motifs is 1. The van der Waals surface area contributed by atoms with E-state index in [9.17, 15) is 4.79 Å². The summed E-state index contributed by atoms with van der Waals surface area (Å²) in [7, 11) is 0. The van der Waals surface area contributed by atoms with Crippen molar-refractivity contribution in [3.8, 4) is 0 Å². The van der Waals surface area contributed by atoms with Crippen LogP contribution in [-0.4, -0.2) is 25.3 Å². The van der Waals surface area contributed by atoms with Gasteiger partial charge in [-0.25, -0.2) is 15.0 Å². The van der Waals surface area contributed by atoms with Crippen molar-refractivity contribution < 1.29 is 4.79 Å². The Kier molecular flexibility index (Phi) is 3.14. The predicted molar refractivity (Wildman–Crippen MR) is 60.2 cm³/mol. The van der Waals surface area contributed by atoms with Gasteiger partial charge in [0.25, 0.3) is 0 Å². The molecule has 0 saturated carbocycles. The van der Waals surface area contributed by atoms with E-state index in [1.807, 2.05) is 11.5 Å². The lowest BCUT2D eigenvalue weighted by Gasteiger charge is -2.01. The van der Waals surface area contributed by atoms with Gasteiger partial charge in [-0.05, 0) is 0 Å². The monoisotopic (exact) mass is 238 g/mol. The topological polar surface area (TPSA) is 60.7 Å². The lowest BCUT2D eigenvalue weighted by atomic mass is 10.2. The molecule has 0 unspecified atom stereocenters. The van der Waals surface area contributed by atoms with E-state index in [1.165, 1.54) is 6.33 Å². The first-order valence-corrected chi connectivity index (χ1v) is 5.43. The molecule has 0 aliphatic heterocycles. The van der Waals surface area contributed by atoms with E-state index in [0.717, 1.165) is 0 Å². The van der Waals surface area contributed by atoms with Gasteiger partial charge < -0.3 is 4.57 Å². The Morgan fingerprint density at radius 3 is 3.00 bits per heavy atom. The largest absolute Gasteiger partial charge is 0.315 e. The molecule has 0 saturated heterocycles. The van der Waals surface area contributed by atoms with Crippen LogP contribution in [0, 0.1) is 0 Å². The summed E-state index contributed by atoms with van der Waals surface area (Å²) in [6.45, 7) is 2.43. The number of halogens is 1. The van der Waals surface area contributed by atoms with Crippen LogP contribution >= 0.6 is 11.6 Å². The molecule has 0 bridgehead atoms. The smallest absolute Gasteiger partial charge is 0.164 e. The van der Waals surface area contributed by atoms with Gasteiger partial charge in [0.1, 0.15) is 17.6 Å². The third kappa shape index (κ3) is 2.04. The summed E-state index contributed by atoms with van der Waals surface area (Å²) < 4.78 is 1.82.